The Bertz CT molecular complexity index is 584. The molecule has 96 valence electrons. The highest BCUT2D eigenvalue weighted by Crippen LogP contribution is 2.26. The van der Waals surface area contributed by atoms with Crippen molar-refractivity contribution in [1.29, 1.82) is 0 Å². The third kappa shape index (κ3) is 2.66. The molecule has 4 nitrogen and oxygen atoms in total. The molecule has 5 heteroatoms. The van der Waals surface area contributed by atoms with Gasteiger partial charge in [-0.25, -0.2) is 8.42 Å². The highest BCUT2D eigenvalue weighted by atomic mass is 32.2. The van der Waals surface area contributed by atoms with Gasteiger partial charge in [0.25, 0.3) is 0 Å². The zero-order valence-electron chi connectivity index (χ0n) is 10.1. The van der Waals surface area contributed by atoms with Crippen molar-refractivity contribution in [3.05, 3.63) is 29.8 Å². The number of hydrogen-bond acceptors (Lipinski definition) is 3. The van der Waals surface area contributed by atoms with E-state index in [4.69, 9.17) is 5.73 Å². The Morgan fingerprint density at radius 1 is 1.28 bits per heavy atom. The normalized spacial score (nSPS) is 17.9. The molecule has 0 bridgehead atoms. The Morgan fingerprint density at radius 3 is 2.78 bits per heavy atom. The van der Waals surface area contributed by atoms with Crippen LogP contribution in [0.4, 0.5) is 5.69 Å². The molecule has 0 radical (unpaired) electrons. The van der Waals surface area contributed by atoms with E-state index in [2.05, 4.69) is 11.8 Å². The summed E-state index contributed by atoms with van der Waals surface area (Å²) in [5.74, 6) is 5.91. The minimum absolute atomic E-state index is 0.214. The van der Waals surface area contributed by atoms with Crippen LogP contribution >= 0.6 is 0 Å². The molecule has 1 heterocycles. The molecule has 1 aliphatic rings. The van der Waals surface area contributed by atoms with Crippen LogP contribution in [0.2, 0.25) is 0 Å². The van der Waals surface area contributed by atoms with Gasteiger partial charge >= 0.3 is 0 Å². The lowest BCUT2D eigenvalue weighted by Gasteiger charge is -2.29. The maximum Gasteiger partial charge on any atom is 0.235 e. The van der Waals surface area contributed by atoms with Gasteiger partial charge in [0.05, 0.1) is 18.0 Å². The fraction of sp³-hybridized carbons (Fsp3) is 0.385. The topological polar surface area (TPSA) is 63.4 Å². The predicted octanol–water partition coefficient (Wildman–Crippen LogP) is 0.927. The molecule has 0 aromatic heterocycles. The molecule has 0 atom stereocenters. The van der Waals surface area contributed by atoms with Crippen LogP contribution in [0.5, 0.6) is 0 Å². The summed E-state index contributed by atoms with van der Waals surface area (Å²) in [5, 5.41) is 0. The lowest BCUT2D eigenvalue weighted by atomic mass is 10.1. The number of benzene rings is 1. The SMILES string of the molecule is NCC#Cc1ccccc1N1CCCCS1(=O)=O. The molecule has 0 amide bonds. The average molecular weight is 264 g/mol. The number of sulfonamides is 1. The maximum atomic E-state index is 12.1. The molecule has 2 N–H and O–H groups in total. The van der Waals surface area contributed by atoms with Gasteiger partial charge in [0, 0.05) is 12.1 Å². The van der Waals surface area contributed by atoms with Gasteiger partial charge in [0.15, 0.2) is 0 Å². The van der Waals surface area contributed by atoms with Crippen molar-refractivity contribution >= 4 is 15.7 Å². The van der Waals surface area contributed by atoms with Gasteiger partial charge in [-0.2, -0.15) is 0 Å². The number of nitrogens with two attached hydrogens (primary N) is 1. The fourth-order valence-electron chi connectivity index (χ4n) is 2.00. The molecule has 0 spiro atoms. The lowest BCUT2D eigenvalue weighted by Crippen LogP contribution is -2.38. The second kappa shape index (κ2) is 5.42. The summed E-state index contributed by atoms with van der Waals surface area (Å²) in [4.78, 5) is 0. The van der Waals surface area contributed by atoms with Crippen LogP contribution in [-0.4, -0.2) is 27.3 Å². The van der Waals surface area contributed by atoms with Crippen molar-refractivity contribution in [2.75, 3.05) is 23.1 Å². The van der Waals surface area contributed by atoms with Gasteiger partial charge in [0.2, 0.25) is 10.0 Å². The lowest BCUT2D eigenvalue weighted by molar-refractivity contribution is 0.574. The molecule has 1 aliphatic heterocycles. The molecule has 0 unspecified atom stereocenters. The average Bonchev–Trinajstić information content (AvgIpc) is 2.36. The largest absolute Gasteiger partial charge is 0.320 e. The van der Waals surface area contributed by atoms with E-state index in [1.54, 1.807) is 6.07 Å². The summed E-state index contributed by atoms with van der Waals surface area (Å²) in [6.45, 7) is 0.796. The Morgan fingerprint density at radius 2 is 2.06 bits per heavy atom. The Hall–Kier alpha value is -1.51. The second-order valence-electron chi connectivity index (χ2n) is 4.12. The molecule has 18 heavy (non-hydrogen) atoms. The van der Waals surface area contributed by atoms with E-state index in [1.807, 2.05) is 18.2 Å². The minimum atomic E-state index is -3.19. The molecular weight excluding hydrogens is 248 g/mol. The van der Waals surface area contributed by atoms with Gasteiger partial charge in [-0.15, -0.1) is 0 Å². The Kier molecular flexibility index (Phi) is 3.90. The molecule has 1 fully saturated rings. The molecule has 2 rings (SSSR count). The van der Waals surface area contributed by atoms with Crippen LogP contribution in [0, 0.1) is 11.8 Å². The molecular formula is C13H16N2O2S. The van der Waals surface area contributed by atoms with Gasteiger partial charge in [-0.05, 0) is 25.0 Å². The van der Waals surface area contributed by atoms with Gasteiger partial charge in [-0.1, -0.05) is 24.0 Å². The van der Waals surface area contributed by atoms with Crippen LogP contribution in [0.25, 0.3) is 0 Å². The highest BCUT2D eigenvalue weighted by Gasteiger charge is 2.27. The molecule has 1 aromatic carbocycles. The number of hydrogen-bond donors (Lipinski definition) is 1. The van der Waals surface area contributed by atoms with Crippen molar-refractivity contribution in [3.8, 4) is 11.8 Å². The van der Waals surface area contributed by atoms with E-state index < -0.39 is 10.0 Å². The van der Waals surface area contributed by atoms with Gasteiger partial charge < -0.3 is 5.73 Å². The standard InChI is InChI=1S/C13H16N2O2S/c14-9-5-7-12-6-1-2-8-13(12)15-10-3-4-11-18(15,16)17/h1-2,6,8H,3-4,9-11,14H2. The van der Waals surface area contributed by atoms with E-state index >= 15 is 0 Å². The molecule has 1 saturated heterocycles. The Balaban J connectivity index is 2.44. The first-order valence-corrected chi connectivity index (χ1v) is 7.54. The van der Waals surface area contributed by atoms with Crippen molar-refractivity contribution in [3.63, 3.8) is 0 Å². The van der Waals surface area contributed by atoms with Crippen molar-refractivity contribution in [2.45, 2.75) is 12.8 Å². The zero-order chi connectivity index (χ0) is 13.0. The summed E-state index contributed by atoms with van der Waals surface area (Å²) < 4.78 is 25.6. The summed E-state index contributed by atoms with van der Waals surface area (Å²) in [6.07, 6.45) is 1.62. The number of para-hydroxylation sites is 1. The van der Waals surface area contributed by atoms with Crippen molar-refractivity contribution in [2.24, 2.45) is 5.73 Å². The van der Waals surface area contributed by atoms with E-state index in [0.29, 0.717) is 17.8 Å². The fourth-order valence-corrected chi connectivity index (χ4v) is 3.66. The zero-order valence-corrected chi connectivity index (χ0v) is 10.9. The summed E-state index contributed by atoms with van der Waals surface area (Å²) >= 11 is 0. The van der Waals surface area contributed by atoms with Crippen LogP contribution in [0.3, 0.4) is 0 Å². The monoisotopic (exact) mass is 264 g/mol. The van der Waals surface area contributed by atoms with Crippen LogP contribution in [0.15, 0.2) is 24.3 Å². The van der Waals surface area contributed by atoms with Gasteiger partial charge in [0.1, 0.15) is 0 Å². The minimum Gasteiger partial charge on any atom is -0.320 e. The van der Waals surface area contributed by atoms with Crippen LogP contribution < -0.4 is 10.0 Å². The Labute approximate surface area is 108 Å². The first kappa shape index (κ1) is 12.9. The van der Waals surface area contributed by atoms with E-state index in [-0.39, 0.29) is 12.3 Å². The maximum absolute atomic E-state index is 12.1. The van der Waals surface area contributed by atoms with E-state index in [1.165, 1.54) is 4.31 Å². The number of anilines is 1. The van der Waals surface area contributed by atoms with E-state index in [9.17, 15) is 8.42 Å². The van der Waals surface area contributed by atoms with Crippen molar-refractivity contribution < 1.29 is 8.42 Å². The molecule has 0 aliphatic carbocycles. The van der Waals surface area contributed by atoms with Crippen LogP contribution in [0.1, 0.15) is 18.4 Å². The smallest absolute Gasteiger partial charge is 0.235 e. The molecule has 0 saturated carbocycles. The summed E-state index contributed by atoms with van der Waals surface area (Å²) in [5.41, 5.74) is 6.73. The quantitative estimate of drug-likeness (QED) is 0.767. The first-order valence-electron chi connectivity index (χ1n) is 5.93. The van der Waals surface area contributed by atoms with Crippen LogP contribution in [-0.2, 0) is 10.0 Å². The van der Waals surface area contributed by atoms with Gasteiger partial charge in [-0.3, -0.25) is 4.31 Å². The number of rotatable bonds is 1. The first-order chi connectivity index (χ1) is 8.65. The third-order valence-electron chi connectivity index (χ3n) is 2.85. The molecule has 1 aromatic rings. The van der Waals surface area contributed by atoms with E-state index in [0.717, 1.165) is 12.8 Å². The summed E-state index contributed by atoms with van der Waals surface area (Å²) in [6, 6.07) is 7.29. The van der Waals surface area contributed by atoms with Crippen molar-refractivity contribution in [1.82, 2.24) is 0 Å². The number of nitrogens with zero attached hydrogens (tertiary/aromatic N) is 1. The summed E-state index contributed by atoms with van der Waals surface area (Å²) in [7, 11) is -3.19. The highest BCUT2D eigenvalue weighted by molar-refractivity contribution is 7.92. The predicted molar refractivity (Wildman–Crippen MR) is 72.7 cm³/mol. The third-order valence-corrected chi connectivity index (χ3v) is 4.70. The second-order valence-corrected chi connectivity index (χ2v) is 6.13.